The largest absolute Gasteiger partial charge is 0.327 e. The number of allylic oxidation sites excluding steroid dienone is 2. The van der Waals surface area contributed by atoms with E-state index >= 15 is 0 Å². The van der Waals surface area contributed by atoms with Crippen molar-refractivity contribution in [1.29, 1.82) is 0 Å². The molecule has 2 aromatic rings. The third kappa shape index (κ3) is 3.72. The molecule has 0 aromatic heterocycles. The molecule has 0 fully saturated rings. The molecule has 134 valence electrons. The number of para-hydroxylation sites is 1. The van der Waals surface area contributed by atoms with E-state index in [4.69, 9.17) is 4.99 Å². The molecule has 0 spiro atoms. The average Bonchev–Trinajstić information content (AvgIpc) is 2.82. The van der Waals surface area contributed by atoms with Crippen LogP contribution in [0.4, 0.5) is 5.69 Å². The van der Waals surface area contributed by atoms with Gasteiger partial charge in [0.25, 0.3) is 5.69 Å². The molecule has 0 radical (unpaired) electrons. The zero-order valence-corrected chi connectivity index (χ0v) is 16.4. The zero-order chi connectivity index (χ0) is 18.8. The molecule has 27 heavy (non-hydrogen) atoms. The first kappa shape index (κ1) is 17.7. The molecule has 4 rings (SSSR count). The van der Waals surface area contributed by atoms with E-state index in [2.05, 4.69) is 20.3 Å². The van der Waals surface area contributed by atoms with Crippen molar-refractivity contribution in [2.75, 3.05) is 0 Å². The third-order valence-electron chi connectivity index (χ3n) is 4.08. The molecule has 0 amide bonds. The van der Waals surface area contributed by atoms with Crippen molar-refractivity contribution in [1.82, 2.24) is 4.90 Å². The van der Waals surface area contributed by atoms with Gasteiger partial charge in [0.1, 0.15) is 10.7 Å². The summed E-state index contributed by atoms with van der Waals surface area (Å²) in [5.74, 6) is 1.32. The van der Waals surface area contributed by atoms with Crippen molar-refractivity contribution >= 4 is 45.2 Å². The van der Waals surface area contributed by atoms with Crippen molar-refractivity contribution in [2.24, 2.45) is 9.39 Å². The highest BCUT2D eigenvalue weighted by molar-refractivity contribution is 9.11. The fourth-order valence-corrected chi connectivity index (χ4v) is 3.89. The predicted octanol–water partition coefficient (Wildman–Crippen LogP) is 5.07. The van der Waals surface area contributed by atoms with Crippen LogP contribution in [0, 0.1) is 10.1 Å². The molecule has 0 atom stereocenters. The van der Waals surface area contributed by atoms with Crippen LogP contribution >= 0.6 is 27.9 Å². The van der Waals surface area contributed by atoms with Crippen LogP contribution in [-0.4, -0.2) is 21.5 Å². The van der Waals surface area contributed by atoms with Crippen molar-refractivity contribution in [3.63, 3.8) is 0 Å². The fraction of sp³-hybridized carbons (Fsp3) is 0.0526. The summed E-state index contributed by atoms with van der Waals surface area (Å²) in [6.07, 6.45) is 5.83. The Morgan fingerprint density at radius 1 is 1.15 bits per heavy atom. The molecular weight excluding hydrogens is 428 g/mol. The maximum absolute atomic E-state index is 11.2. The summed E-state index contributed by atoms with van der Waals surface area (Å²) in [4.78, 5) is 18.1. The summed E-state index contributed by atoms with van der Waals surface area (Å²) in [5, 5.41) is 11.2. The number of nitrogens with zero attached hydrogens (tertiary/aromatic N) is 4. The number of hydrogen-bond acceptors (Lipinski definition) is 5. The highest BCUT2D eigenvalue weighted by atomic mass is 79.9. The third-order valence-corrected chi connectivity index (χ3v) is 5.35. The van der Waals surface area contributed by atoms with Crippen molar-refractivity contribution < 1.29 is 4.92 Å². The van der Waals surface area contributed by atoms with Crippen LogP contribution in [0.15, 0.2) is 85.7 Å². The van der Waals surface area contributed by atoms with Crippen LogP contribution in [0.25, 0.3) is 0 Å². The SMILES string of the molecule is O=[N+]([O-])c1ccccc1SN=C1N=C2C=CC(Br)=CN2Cc2ccccc21. The summed E-state index contributed by atoms with van der Waals surface area (Å²) >= 11 is 4.56. The standard InChI is InChI=1S/C19H13BrN4O2S/c20-14-9-10-18-21-19(15-6-2-1-5-13(15)11-23(18)12-14)22-27-17-8-4-3-7-16(17)24(25)26/h1-10,12H,11H2. The highest BCUT2D eigenvalue weighted by Gasteiger charge is 2.21. The van der Waals surface area contributed by atoms with Gasteiger partial charge in [-0.1, -0.05) is 36.4 Å². The molecule has 2 heterocycles. The lowest BCUT2D eigenvalue weighted by atomic mass is 10.1. The zero-order valence-electron chi connectivity index (χ0n) is 13.9. The quantitative estimate of drug-likeness (QED) is 0.379. The van der Waals surface area contributed by atoms with Gasteiger partial charge in [0.05, 0.1) is 4.92 Å². The van der Waals surface area contributed by atoms with Crippen LogP contribution in [0.3, 0.4) is 0 Å². The average molecular weight is 441 g/mol. The summed E-state index contributed by atoms with van der Waals surface area (Å²) in [6, 6.07) is 14.5. The molecule has 0 unspecified atom stereocenters. The molecule has 8 heteroatoms. The lowest BCUT2D eigenvalue weighted by Gasteiger charge is -2.21. The molecule has 2 aliphatic heterocycles. The summed E-state index contributed by atoms with van der Waals surface area (Å²) in [5.41, 5.74) is 2.04. The Labute approximate surface area is 168 Å². The molecule has 2 aliphatic rings. The van der Waals surface area contributed by atoms with Gasteiger partial charge in [-0.05, 0) is 39.7 Å². The first-order valence-corrected chi connectivity index (χ1v) is 9.66. The van der Waals surface area contributed by atoms with Gasteiger partial charge in [0.2, 0.25) is 0 Å². The van der Waals surface area contributed by atoms with Gasteiger partial charge < -0.3 is 4.90 Å². The summed E-state index contributed by atoms with van der Waals surface area (Å²) in [6.45, 7) is 0.670. The number of amidine groups is 2. The first-order chi connectivity index (χ1) is 13.1. The van der Waals surface area contributed by atoms with Gasteiger partial charge in [0.15, 0.2) is 5.84 Å². The van der Waals surface area contributed by atoms with Crippen LogP contribution in [0.2, 0.25) is 0 Å². The Morgan fingerprint density at radius 3 is 2.78 bits per heavy atom. The number of fused-ring (bicyclic) bond motifs is 2. The van der Waals surface area contributed by atoms with Crippen LogP contribution < -0.4 is 0 Å². The van der Waals surface area contributed by atoms with E-state index < -0.39 is 4.92 Å². The van der Waals surface area contributed by atoms with Gasteiger partial charge in [-0.25, -0.2) is 4.99 Å². The lowest BCUT2D eigenvalue weighted by molar-refractivity contribution is -0.387. The molecule has 0 N–H and O–H groups in total. The van der Waals surface area contributed by atoms with Gasteiger partial charge in [-0.2, -0.15) is 4.40 Å². The molecule has 2 aromatic carbocycles. The van der Waals surface area contributed by atoms with Crippen LogP contribution in [0.1, 0.15) is 11.1 Å². The van der Waals surface area contributed by atoms with Crippen LogP contribution in [0.5, 0.6) is 0 Å². The molecular formula is C19H13BrN4O2S. The van der Waals surface area contributed by atoms with E-state index in [0.717, 1.165) is 33.4 Å². The van der Waals surface area contributed by atoms with E-state index in [1.54, 1.807) is 18.2 Å². The molecule has 0 bridgehead atoms. The van der Waals surface area contributed by atoms with Gasteiger partial charge in [-0.3, -0.25) is 10.1 Å². The minimum atomic E-state index is -0.399. The van der Waals surface area contributed by atoms with Gasteiger partial charge in [-0.15, -0.1) is 0 Å². The van der Waals surface area contributed by atoms with E-state index in [-0.39, 0.29) is 5.69 Å². The van der Waals surface area contributed by atoms with E-state index in [1.807, 2.05) is 47.5 Å². The smallest absolute Gasteiger partial charge is 0.284 e. The number of benzene rings is 2. The van der Waals surface area contributed by atoms with E-state index in [0.29, 0.717) is 17.3 Å². The second-order valence-electron chi connectivity index (χ2n) is 5.83. The maximum atomic E-state index is 11.2. The van der Waals surface area contributed by atoms with Gasteiger partial charge in [0, 0.05) is 40.8 Å². The first-order valence-electron chi connectivity index (χ1n) is 8.09. The molecule has 0 saturated heterocycles. The maximum Gasteiger partial charge on any atom is 0.284 e. The highest BCUT2D eigenvalue weighted by Crippen LogP contribution is 2.31. The van der Waals surface area contributed by atoms with Crippen LogP contribution in [-0.2, 0) is 6.54 Å². The normalized spacial score (nSPS) is 16.9. The van der Waals surface area contributed by atoms with E-state index in [1.165, 1.54) is 6.07 Å². The fourth-order valence-electron chi connectivity index (χ4n) is 2.81. The second kappa shape index (κ2) is 7.50. The molecule has 0 aliphatic carbocycles. The van der Waals surface area contributed by atoms with Crippen molar-refractivity contribution in [3.05, 3.63) is 92.6 Å². The second-order valence-corrected chi connectivity index (χ2v) is 7.55. The topological polar surface area (TPSA) is 71.1 Å². The number of aliphatic imine (C=N–C) groups is 1. The lowest BCUT2D eigenvalue weighted by Crippen LogP contribution is -2.24. The number of hydrogen-bond donors (Lipinski definition) is 0. The Hall–Kier alpha value is -2.71. The van der Waals surface area contributed by atoms with Gasteiger partial charge >= 0.3 is 0 Å². The minimum Gasteiger partial charge on any atom is -0.327 e. The Kier molecular flexibility index (Phi) is 4.91. The Bertz CT molecular complexity index is 1050. The Morgan fingerprint density at radius 2 is 1.93 bits per heavy atom. The van der Waals surface area contributed by atoms with Crippen molar-refractivity contribution in [3.8, 4) is 0 Å². The number of rotatable bonds is 3. The van der Waals surface area contributed by atoms with E-state index in [9.17, 15) is 10.1 Å². The molecule has 0 saturated carbocycles. The predicted molar refractivity (Wildman–Crippen MR) is 111 cm³/mol. The Balaban J connectivity index is 1.77. The minimum absolute atomic E-state index is 0.0347. The number of halogens is 1. The summed E-state index contributed by atoms with van der Waals surface area (Å²) < 4.78 is 5.52. The number of nitro groups is 1. The monoisotopic (exact) mass is 440 g/mol. The number of nitro benzene ring substituents is 1. The molecule has 6 nitrogen and oxygen atoms in total. The van der Waals surface area contributed by atoms with Crippen molar-refractivity contribution in [2.45, 2.75) is 11.4 Å². The summed E-state index contributed by atoms with van der Waals surface area (Å²) in [7, 11) is 0.